The molecule has 0 fully saturated rings. The van der Waals surface area contributed by atoms with Crippen LogP contribution in [0.15, 0.2) is 9.36 Å². The van der Waals surface area contributed by atoms with Gasteiger partial charge in [0.1, 0.15) is 0 Å². The molecule has 4 heteroatoms. The van der Waals surface area contributed by atoms with Crippen LogP contribution in [0.4, 0.5) is 0 Å². The summed E-state index contributed by atoms with van der Waals surface area (Å²) in [6.07, 6.45) is 0. The molecule has 0 saturated carbocycles. The normalized spacial score (nSPS) is 9.83. The SMILES string of the molecule is Cl[AsH]C=C(Cl)Cl. The number of rotatable bonds is 1. The van der Waals surface area contributed by atoms with Gasteiger partial charge in [-0.1, -0.05) is 0 Å². The first-order valence-electron chi connectivity index (χ1n) is 1.14. The Kier molecular flexibility index (Phi) is 5.17. The molecule has 0 N–H and O–H groups in total. The van der Waals surface area contributed by atoms with E-state index in [1.165, 1.54) is 0 Å². The molecule has 0 aromatic heterocycles. The Morgan fingerprint density at radius 1 is 1.50 bits per heavy atom. The Balaban J connectivity index is 3.14. The zero-order valence-corrected chi connectivity index (χ0v) is 7.08. The molecule has 0 spiro atoms. The average molecular weight is 207 g/mol. The fourth-order valence-corrected chi connectivity index (χ4v) is 1.93. The first-order valence-corrected chi connectivity index (χ1v) is 5.87. The van der Waals surface area contributed by atoms with Crippen LogP contribution in [0.1, 0.15) is 0 Å². The van der Waals surface area contributed by atoms with Gasteiger partial charge < -0.3 is 0 Å². The molecule has 0 aliphatic carbocycles. The first-order chi connectivity index (χ1) is 2.77. The zero-order chi connectivity index (χ0) is 4.99. The van der Waals surface area contributed by atoms with Crippen molar-refractivity contribution in [2.24, 2.45) is 0 Å². The molecule has 36 valence electrons. The Labute approximate surface area is 57.3 Å². The second-order valence-corrected chi connectivity index (χ2v) is 3.75. The van der Waals surface area contributed by atoms with Crippen molar-refractivity contribution in [2.75, 3.05) is 0 Å². The summed E-state index contributed by atoms with van der Waals surface area (Å²) in [5, 5.41) is 0. The van der Waals surface area contributed by atoms with Gasteiger partial charge in [-0.05, 0) is 0 Å². The molecular weight excluding hydrogens is 205 g/mol. The van der Waals surface area contributed by atoms with Gasteiger partial charge in [0.05, 0.1) is 0 Å². The van der Waals surface area contributed by atoms with Crippen molar-refractivity contribution in [3.05, 3.63) is 9.36 Å². The Morgan fingerprint density at radius 3 is 2.00 bits per heavy atom. The van der Waals surface area contributed by atoms with E-state index in [4.69, 9.17) is 33.2 Å². The van der Waals surface area contributed by atoms with E-state index in [0.717, 1.165) is 0 Å². The molecule has 0 aliphatic rings. The Morgan fingerprint density at radius 2 is 2.00 bits per heavy atom. The third-order valence-corrected chi connectivity index (χ3v) is 2.55. The van der Waals surface area contributed by atoms with Gasteiger partial charge in [0.2, 0.25) is 0 Å². The van der Waals surface area contributed by atoms with Crippen LogP contribution in [-0.2, 0) is 0 Å². The van der Waals surface area contributed by atoms with Gasteiger partial charge in [-0.2, -0.15) is 0 Å². The molecule has 0 amide bonds. The van der Waals surface area contributed by atoms with Gasteiger partial charge in [-0.25, -0.2) is 0 Å². The average Bonchev–Trinajstić information content (AvgIpc) is 1.35. The van der Waals surface area contributed by atoms with Crippen LogP contribution >= 0.6 is 33.2 Å². The fourth-order valence-electron chi connectivity index (χ4n) is 0.0412. The molecule has 0 nitrogen and oxygen atoms in total. The van der Waals surface area contributed by atoms with Crippen LogP contribution < -0.4 is 0 Å². The van der Waals surface area contributed by atoms with E-state index in [0.29, 0.717) is 0 Å². The second-order valence-electron chi connectivity index (χ2n) is 0.543. The molecule has 0 saturated heterocycles. The van der Waals surface area contributed by atoms with E-state index >= 15 is 0 Å². The van der Waals surface area contributed by atoms with Crippen molar-refractivity contribution in [3.63, 3.8) is 0 Å². The minimum absolute atomic E-state index is 0.282. The summed E-state index contributed by atoms with van der Waals surface area (Å²) in [6.45, 7) is 0. The van der Waals surface area contributed by atoms with Crippen LogP contribution in [-0.4, -0.2) is 14.8 Å². The van der Waals surface area contributed by atoms with Crippen molar-refractivity contribution < 1.29 is 0 Å². The fraction of sp³-hybridized carbons (Fsp3) is 0. The summed E-state index contributed by atoms with van der Waals surface area (Å²) in [6, 6.07) is 0. The predicted octanol–water partition coefficient (Wildman–Crippen LogP) is 1.85. The van der Waals surface area contributed by atoms with E-state index < -0.39 is 14.8 Å². The quantitative estimate of drug-likeness (QED) is 0.576. The van der Waals surface area contributed by atoms with Crippen molar-refractivity contribution in [3.8, 4) is 0 Å². The second kappa shape index (κ2) is 4.33. The zero-order valence-electron chi connectivity index (χ0n) is 2.71. The van der Waals surface area contributed by atoms with Crippen molar-refractivity contribution in [2.45, 2.75) is 0 Å². The van der Waals surface area contributed by atoms with E-state index in [2.05, 4.69) is 0 Å². The molecule has 1 unspecified atom stereocenters. The molecular formula is C2H2AsCl3. The number of hydrogen-bond donors (Lipinski definition) is 0. The van der Waals surface area contributed by atoms with Crippen molar-refractivity contribution in [1.29, 1.82) is 0 Å². The summed E-state index contributed by atoms with van der Waals surface area (Å²) in [7, 11) is 5.28. The number of halogens is 3. The summed E-state index contributed by atoms with van der Waals surface area (Å²) in [5.41, 5.74) is 0. The topological polar surface area (TPSA) is 0 Å². The van der Waals surface area contributed by atoms with Gasteiger partial charge in [-0.3, -0.25) is 0 Å². The Hall–Kier alpha value is 1.17. The molecule has 0 aliphatic heterocycles. The van der Waals surface area contributed by atoms with Crippen LogP contribution in [0.25, 0.3) is 0 Å². The monoisotopic (exact) mass is 206 g/mol. The summed E-state index contributed by atoms with van der Waals surface area (Å²) >= 11 is 9.81. The van der Waals surface area contributed by atoms with Crippen LogP contribution in [0.3, 0.4) is 0 Å². The van der Waals surface area contributed by atoms with Crippen molar-refractivity contribution in [1.82, 2.24) is 0 Å². The number of hydrogen-bond acceptors (Lipinski definition) is 0. The molecule has 0 heterocycles. The van der Waals surface area contributed by atoms with Crippen LogP contribution in [0.5, 0.6) is 0 Å². The van der Waals surface area contributed by atoms with E-state index in [1.807, 2.05) is 0 Å². The third-order valence-electron chi connectivity index (χ3n) is 0.164. The standard InChI is InChI=1S/C2H2AsCl3/c4-2(5)1-3-6/h1,3H. The van der Waals surface area contributed by atoms with Crippen LogP contribution in [0.2, 0.25) is 0 Å². The molecule has 0 aromatic rings. The molecule has 0 aromatic carbocycles. The maximum absolute atomic E-state index is 5.28. The molecule has 0 radical (unpaired) electrons. The summed E-state index contributed by atoms with van der Waals surface area (Å²) < 4.78 is 0.282. The minimum atomic E-state index is -0.491. The predicted molar refractivity (Wildman–Crippen MR) is 32.8 cm³/mol. The van der Waals surface area contributed by atoms with Gasteiger partial charge in [0.15, 0.2) is 0 Å². The van der Waals surface area contributed by atoms with E-state index in [-0.39, 0.29) is 4.49 Å². The maximum atomic E-state index is 5.28. The molecule has 6 heavy (non-hydrogen) atoms. The van der Waals surface area contributed by atoms with Gasteiger partial charge >= 0.3 is 57.3 Å². The van der Waals surface area contributed by atoms with Gasteiger partial charge in [-0.15, -0.1) is 0 Å². The summed E-state index contributed by atoms with van der Waals surface area (Å²) in [4.78, 5) is 1.63. The third kappa shape index (κ3) is 5.17. The molecule has 0 bridgehead atoms. The Bertz CT molecular complexity index is 55.8. The summed E-state index contributed by atoms with van der Waals surface area (Å²) in [5.74, 6) is 0. The van der Waals surface area contributed by atoms with E-state index in [1.54, 1.807) is 4.86 Å². The van der Waals surface area contributed by atoms with Gasteiger partial charge in [0.25, 0.3) is 0 Å². The molecule has 1 atom stereocenters. The first kappa shape index (κ1) is 7.17. The van der Waals surface area contributed by atoms with Crippen molar-refractivity contribution >= 4 is 48.0 Å². The van der Waals surface area contributed by atoms with E-state index in [9.17, 15) is 0 Å². The molecule has 0 rings (SSSR count). The van der Waals surface area contributed by atoms with Gasteiger partial charge in [0, 0.05) is 0 Å². The van der Waals surface area contributed by atoms with Crippen LogP contribution in [0, 0.1) is 0 Å².